The lowest BCUT2D eigenvalue weighted by Crippen LogP contribution is -2.49. The fourth-order valence-electron chi connectivity index (χ4n) is 5.60. The molecule has 1 amide bonds. The predicted molar refractivity (Wildman–Crippen MR) is 152 cm³/mol. The van der Waals surface area contributed by atoms with E-state index in [1.54, 1.807) is 4.90 Å². The molecule has 1 saturated carbocycles. The molecule has 2 aromatic rings. The molecule has 10 nitrogen and oxygen atoms in total. The van der Waals surface area contributed by atoms with Gasteiger partial charge in [0.15, 0.2) is 11.6 Å². The van der Waals surface area contributed by atoms with Gasteiger partial charge in [-0.25, -0.2) is 14.2 Å². The Kier molecular flexibility index (Phi) is 11.0. The van der Waals surface area contributed by atoms with Crippen LogP contribution >= 0.6 is 0 Å². The molecule has 0 unspecified atom stereocenters. The summed E-state index contributed by atoms with van der Waals surface area (Å²) in [6.45, 7) is 3.39. The van der Waals surface area contributed by atoms with Gasteiger partial charge in [-0.15, -0.1) is 0 Å². The number of anilines is 2. The predicted octanol–water partition coefficient (Wildman–Crippen LogP) is 5.39. The number of methoxy groups -OCH3 is 2. The number of carbonyl (C=O) groups excluding carboxylic acids is 1. The van der Waals surface area contributed by atoms with Crippen LogP contribution in [0.3, 0.4) is 0 Å². The second-order valence-electron chi connectivity index (χ2n) is 11.1. The number of benzene rings is 1. The third-order valence-electron chi connectivity index (χ3n) is 7.95. The number of alkyl halides is 3. The summed E-state index contributed by atoms with van der Waals surface area (Å²) in [6.07, 6.45) is -0.996. The number of carboxylic acid groups (broad SMARTS) is 1. The topological polar surface area (TPSA) is 111 Å². The number of carbonyl (C=O) groups is 2. The molecule has 2 aliphatic rings. The Hall–Kier alpha value is -3.49. The molecule has 0 atom stereocenters. The minimum Gasteiger partial charge on any atom is -0.478 e. The van der Waals surface area contributed by atoms with E-state index < -0.39 is 58.6 Å². The number of hydrogen-bond acceptors (Lipinski definition) is 8. The summed E-state index contributed by atoms with van der Waals surface area (Å²) in [6, 6.07) is 1.59. The molecule has 2 heterocycles. The van der Waals surface area contributed by atoms with Gasteiger partial charge in [0.2, 0.25) is 11.8 Å². The van der Waals surface area contributed by atoms with Crippen molar-refractivity contribution in [3.05, 3.63) is 41.3 Å². The first-order valence-electron chi connectivity index (χ1n) is 14.4. The van der Waals surface area contributed by atoms with Crippen molar-refractivity contribution in [2.24, 2.45) is 11.8 Å². The fraction of sp³-hybridized carbons (Fsp3) is 0.567. The lowest BCUT2D eigenvalue weighted by atomic mass is 9.82. The maximum Gasteiger partial charge on any atom is 0.421 e. The Balaban J connectivity index is 1.75. The van der Waals surface area contributed by atoms with Crippen molar-refractivity contribution in [3.8, 4) is 11.6 Å². The molecule has 1 aliphatic heterocycles. The van der Waals surface area contributed by atoms with Crippen molar-refractivity contribution in [2.45, 2.75) is 44.8 Å². The summed E-state index contributed by atoms with van der Waals surface area (Å²) < 4.78 is 79.0. The molecule has 1 N–H and O–H groups in total. The normalized spacial score (nSPS) is 19.2. The number of aromatic carboxylic acids is 1. The van der Waals surface area contributed by atoms with Crippen LogP contribution in [0.25, 0.3) is 0 Å². The first-order valence-corrected chi connectivity index (χ1v) is 14.4. The number of halogens is 4. The van der Waals surface area contributed by atoms with Crippen molar-refractivity contribution in [1.82, 2.24) is 4.98 Å². The maximum atomic E-state index is 15.7. The molecule has 242 valence electrons. The molecule has 14 heteroatoms. The van der Waals surface area contributed by atoms with E-state index in [1.165, 1.54) is 25.3 Å². The zero-order valence-corrected chi connectivity index (χ0v) is 24.9. The number of amides is 1. The minimum absolute atomic E-state index is 0.0456. The summed E-state index contributed by atoms with van der Waals surface area (Å²) in [4.78, 5) is 33.1. The molecule has 1 aliphatic carbocycles. The van der Waals surface area contributed by atoms with Crippen molar-refractivity contribution >= 4 is 23.3 Å². The van der Waals surface area contributed by atoms with Gasteiger partial charge in [-0.05, 0) is 37.7 Å². The number of rotatable bonds is 11. The van der Waals surface area contributed by atoms with Crippen molar-refractivity contribution in [3.63, 3.8) is 0 Å². The highest BCUT2D eigenvalue weighted by Crippen LogP contribution is 2.41. The molecular formula is C30H37F4N3O7. The Morgan fingerprint density at radius 3 is 2.30 bits per heavy atom. The molecule has 0 bridgehead atoms. The number of morpholine rings is 1. The third kappa shape index (κ3) is 7.77. The van der Waals surface area contributed by atoms with E-state index in [2.05, 4.69) is 11.9 Å². The summed E-state index contributed by atoms with van der Waals surface area (Å²) in [5.74, 6) is -4.88. The van der Waals surface area contributed by atoms with Crippen molar-refractivity contribution in [1.29, 1.82) is 0 Å². The van der Waals surface area contributed by atoms with E-state index >= 15 is 4.39 Å². The van der Waals surface area contributed by atoms with Gasteiger partial charge in [0.05, 0.1) is 55.6 Å². The highest BCUT2D eigenvalue weighted by molar-refractivity contribution is 6.03. The first kappa shape index (κ1) is 33.4. The van der Waals surface area contributed by atoms with Crippen LogP contribution in [0.1, 0.15) is 48.5 Å². The van der Waals surface area contributed by atoms with Crippen LogP contribution in [-0.2, 0) is 25.2 Å². The summed E-state index contributed by atoms with van der Waals surface area (Å²) in [7, 11) is 2.80. The second kappa shape index (κ2) is 14.5. The first-order chi connectivity index (χ1) is 20.9. The number of hydrogen-bond donors (Lipinski definition) is 1. The average molecular weight is 628 g/mol. The van der Waals surface area contributed by atoms with Gasteiger partial charge in [-0.3, -0.25) is 4.79 Å². The van der Waals surface area contributed by atoms with Gasteiger partial charge < -0.3 is 33.9 Å². The lowest BCUT2D eigenvalue weighted by molar-refractivity contribution is -0.138. The molecule has 2 fully saturated rings. The van der Waals surface area contributed by atoms with Crippen LogP contribution < -0.4 is 14.5 Å². The number of ether oxygens (including phenoxy) is 4. The molecule has 1 aromatic carbocycles. The van der Waals surface area contributed by atoms with Gasteiger partial charge in [0.1, 0.15) is 5.56 Å². The summed E-state index contributed by atoms with van der Waals surface area (Å²) in [5.41, 5.74) is -1.90. The standard InChI is InChI=1S/C30H37F4N3O7/c1-18-4-6-19(7-5-18)28(38)37(21(16-41-2)17-42-3)25-14-24(31)26(13-22(25)29(39)40)44-27-23(30(32,33)34)12-20(15-35-27)36-8-10-43-11-9-36/h12-15,18-19,21H,4-11,16-17H2,1-3H3,(H,39,40). The van der Waals surface area contributed by atoms with Crippen LogP contribution in [0.5, 0.6) is 11.6 Å². The zero-order chi connectivity index (χ0) is 32.0. The van der Waals surface area contributed by atoms with E-state index in [1.807, 2.05) is 0 Å². The van der Waals surface area contributed by atoms with Crippen LogP contribution in [0.15, 0.2) is 24.4 Å². The van der Waals surface area contributed by atoms with E-state index in [0.29, 0.717) is 45.1 Å². The zero-order valence-electron chi connectivity index (χ0n) is 24.9. The van der Waals surface area contributed by atoms with Crippen molar-refractivity contribution in [2.75, 3.05) is 63.5 Å². The van der Waals surface area contributed by atoms with E-state index in [9.17, 15) is 27.9 Å². The Bertz CT molecular complexity index is 1310. The number of nitrogens with zero attached hydrogens (tertiary/aromatic N) is 3. The molecule has 0 radical (unpaired) electrons. The average Bonchev–Trinajstić information content (AvgIpc) is 2.99. The summed E-state index contributed by atoms with van der Waals surface area (Å²) in [5, 5.41) is 10.1. The number of pyridine rings is 1. The van der Waals surface area contributed by atoms with E-state index in [0.717, 1.165) is 31.0 Å². The largest absolute Gasteiger partial charge is 0.478 e. The second-order valence-corrected chi connectivity index (χ2v) is 11.1. The Morgan fingerprint density at radius 2 is 1.73 bits per heavy atom. The van der Waals surface area contributed by atoms with Gasteiger partial charge in [-0.2, -0.15) is 13.2 Å². The molecular weight excluding hydrogens is 590 g/mol. The lowest BCUT2D eigenvalue weighted by Gasteiger charge is -2.36. The van der Waals surface area contributed by atoms with Crippen LogP contribution in [-0.4, -0.2) is 81.7 Å². The monoisotopic (exact) mass is 627 g/mol. The SMILES string of the molecule is COCC(COC)N(C(=O)C1CCC(C)CC1)c1cc(F)c(Oc2ncc(N3CCOCC3)cc2C(F)(F)F)cc1C(=O)O. The third-order valence-corrected chi connectivity index (χ3v) is 7.95. The van der Waals surface area contributed by atoms with Gasteiger partial charge in [0.25, 0.3) is 0 Å². The maximum absolute atomic E-state index is 15.7. The van der Waals surface area contributed by atoms with Crippen LogP contribution in [0, 0.1) is 17.7 Å². The quantitative estimate of drug-likeness (QED) is 0.328. The van der Waals surface area contributed by atoms with Gasteiger partial charge >= 0.3 is 12.1 Å². The number of aromatic nitrogens is 1. The molecule has 1 aromatic heterocycles. The fourth-order valence-corrected chi connectivity index (χ4v) is 5.60. The Morgan fingerprint density at radius 1 is 1.09 bits per heavy atom. The summed E-state index contributed by atoms with van der Waals surface area (Å²) >= 11 is 0. The highest BCUT2D eigenvalue weighted by Gasteiger charge is 2.38. The van der Waals surface area contributed by atoms with Crippen molar-refractivity contribution < 1.29 is 51.2 Å². The number of carboxylic acids is 1. The highest BCUT2D eigenvalue weighted by atomic mass is 19.4. The van der Waals surface area contributed by atoms with Crippen LogP contribution in [0.4, 0.5) is 28.9 Å². The Labute approximate surface area is 252 Å². The molecule has 0 spiro atoms. The van der Waals surface area contributed by atoms with Gasteiger partial charge in [0, 0.05) is 45.4 Å². The molecule has 1 saturated heterocycles. The van der Waals surface area contributed by atoms with E-state index in [4.69, 9.17) is 18.9 Å². The van der Waals surface area contributed by atoms with E-state index in [-0.39, 0.29) is 24.6 Å². The molecule has 4 rings (SSSR count). The minimum atomic E-state index is -4.91. The van der Waals surface area contributed by atoms with Crippen LogP contribution in [0.2, 0.25) is 0 Å². The smallest absolute Gasteiger partial charge is 0.421 e. The molecule has 44 heavy (non-hydrogen) atoms. The van der Waals surface area contributed by atoms with Gasteiger partial charge in [-0.1, -0.05) is 6.92 Å².